The molecule has 3 rings (SSSR count). The van der Waals surface area contributed by atoms with Crippen LogP contribution in [0.4, 0.5) is 0 Å². The molecule has 1 saturated heterocycles. The minimum atomic E-state index is 0.336. The second kappa shape index (κ2) is 4.67. The highest BCUT2D eigenvalue weighted by Crippen LogP contribution is 2.44. The van der Waals surface area contributed by atoms with Gasteiger partial charge in [0.1, 0.15) is 0 Å². The molecule has 2 nitrogen and oxygen atoms in total. The zero-order valence-electron chi connectivity index (χ0n) is 11.3. The normalized spacial score (nSPS) is 36.6. The summed E-state index contributed by atoms with van der Waals surface area (Å²) in [5, 5.41) is 0. The molecule has 1 aromatic carbocycles. The van der Waals surface area contributed by atoms with Gasteiger partial charge in [0.05, 0.1) is 0 Å². The Kier molecular flexibility index (Phi) is 3.16. The van der Waals surface area contributed by atoms with E-state index in [1.807, 2.05) is 0 Å². The zero-order valence-corrected chi connectivity index (χ0v) is 11.3. The van der Waals surface area contributed by atoms with Gasteiger partial charge in [-0.15, -0.1) is 0 Å². The smallest absolute Gasteiger partial charge is 0.0337 e. The van der Waals surface area contributed by atoms with Crippen molar-refractivity contribution in [3.8, 4) is 0 Å². The predicted octanol–water partition coefficient (Wildman–Crippen LogP) is 2.60. The van der Waals surface area contributed by atoms with Crippen molar-refractivity contribution < 1.29 is 0 Å². The molecule has 0 bridgehead atoms. The van der Waals surface area contributed by atoms with Crippen LogP contribution in [0.3, 0.4) is 0 Å². The van der Waals surface area contributed by atoms with E-state index >= 15 is 0 Å². The molecule has 1 aromatic rings. The monoisotopic (exact) mass is 244 g/mol. The topological polar surface area (TPSA) is 29.3 Å². The molecule has 1 heterocycles. The first-order valence-electron chi connectivity index (χ1n) is 7.23. The van der Waals surface area contributed by atoms with Gasteiger partial charge in [0.2, 0.25) is 0 Å². The molecule has 1 aliphatic carbocycles. The van der Waals surface area contributed by atoms with Gasteiger partial charge in [0.25, 0.3) is 0 Å². The molecular weight excluding hydrogens is 220 g/mol. The minimum Gasteiger partial charge on any atom is -0.329 e. The van der Waals surface area contributed by atoms with Crippen LogP contribution in [0, 0.1) is 5.92 Å². The Morgan fingerprint density at radius 2 is 2.00 bits per heavy atom. The number of nitrogens with zero attached hydrogens (tertiary/aromatic N) is 1. The maximum atomic E-state index is 6.05. The lowest BCUT2D eigenvalue weighted by molar-refractivity contribution is 0.00306. The molecule has 1 atom stereocenters. The van der Waals surface area contributed by atoms with E-state index in [0.29, 0.717) is 11.5 Å². The van der Waals surface area contributed by atoms with Gasteiger partial charge < -0.3 is 5.73 Å². The highest BCUT2D eigenvalue weighted by atomic mass is 15.2. The summed E-state index contributed by atoms with van der Waals surface area (Å²) in [6.45, 7) is 5.61. The highest BCUT2D eigenvalue weighted by molar-refractivity contribution is 5.22. The van der Waals surface area contributed by atoms with Gasteiger partial charge in [-0.05, 0) is 43.2 Å². The summed E-state index contributed by atoms with van der Waals surface area (Å²) in [7, 11) is 0. The van der Waals surface area contributed by atoms with E-state index in [1.54, 1.807) is 0 Å². The fourth-order valence-electron chi connectivity index (χ4n) is 3.98. The molecule has 1 aliphatic heterocycles. The van der Waals surface area contributed by atoms with Crippen molar-refractivity contribution in [1.29, 1.82) is 0 Å². The van der Waals surface area contributed by atoms with Crippen LogP contribution >= 0.6 is 0 Å². The lowest BCUT2D eigenvalue weighted by Gasteiger charge is -2.52. The van der Waals surface area contributed by atoms with Crippen LogP contribution in [-0.4, -0.2) is 30.1 Å². The first-order chi connectivity index (χ1) is 8.73. The van der Waals surface area contributed by atoms with Crippen LogP contribution in [0.1, 0.15) is 37.7 Å². The lowest BCUT2D eigenvalue weighted by Crippen LogP contribution is -2.60. The molecule has 2 aliphatic rings. The predicted molar refractivity (Wildman–Crippen MR) is 75.6 cm³/mol. The van der Waals surface area contributed by atoms with Crippen molar-refractivity contribution in [1.82, 2.24) is 4.90 Å². The van der Waals surface area contributed by atoms with Crippen molar-refractivity contribution in [3.05, 3.63) is 35.9 Å². The number of nitrogens with two attached hydrogens (primary N) is 1. The fourth-order valence-corrected chi connectivity index (χ4v) is 3.98. The second-order valence-corrected chi connectivity index (χ2v) is 6.28. The molecule has 2 N–H and O–H groups in total. The number of hydrogen-bond acceptors (Lipinski definition) is 2. The van der Waals surface area contributed by atoms with E-state index in [0.717, 1.165) is 12.5 Å². The van der Waals surface area contributed by atoms with Crippen molar-refractivity contribution >= 4 is 0 Å². The van der Waals surface area contributed by atoms with Crippen molar-refractivity contribution in [2.75, 3.05) is 19.6 Å². The van der Waals surface area contributed by atoms with Crippen molar-refractivity contribution in [2.45, 2.75) is 37.6 Å². The Balaban J connectivity index is 1.69. The fraction of sp³-hybridized carbons (Fsp3) is 0.625. The van der Waals surface area contributed by atoms with Crippen molar-refractivity contribution in [3.63, 3.8) is 0 Å². The number of rotatable bonds is 3. The third-order valence-electron chi connectivity index (χ3n) is 4.97. The molecule has 0 spiro atoms. The Morgan fingerprint density at radius 3 is 2.61 bits per heavy atom. The van der Waals surface area contributed by atoms with E-state index in [9.17, 15) is 0 Å². The molecule has 0 radical (unpaired) electrons. The van der Waals surface area contributed by atoms with Crippen LogP contribution < -0.4 is 5.73 Å². The van der Waals surface area contributed by atoms with Crippen LogP contribution in [-0.2, 0) is 0 Å². The largest absolute Gasteiger partial charge is 0.329 e. The number of likely N-dealkylation sites (tertiary alicyclic amines) is 1. The van der Waals surface area contributed by atoms with Gasteiger partial charge in [-0.1, -0.05) is 37.3 Å². The summed E-state index contributed by atoms with van der Waals surface area (Å²) in [5.74, 6) is 1.58. The Morgan fingerprint density at radius 1 is 1.28 bits per heavy atom. The van der Waals surface area contributed by atoms with Gasteiger partial charge in [-0.2, -0.15) is 0 Å². The van der Waals surface area contributed by atoms with E-state index in [1.165, 1.54) is 37.9 Å². The zero-order chi connectivity index (χ0) is 12.6. The van der Waals surface area contributed by atoms with Crippen molar-refractivity contribution in [2.24, 2.45) is 11.7 Å². The van der Waals surface area contributed by atoms with Gasteiger partial charge in [0, 0.05) is 18.6 Å². The van der Waals surface area contributed by atoms with Gasteiger partial charge in [-0.3, -0.25) is 4.90 Å². The number of benzene rings is 1. The molecule has 2 heteroatoms. The van der Waals surface area contributed by atoms with Gasteiger partial charge in [-0.25, -0.2) is 0 Å². The summed E-state index contributed by atoms with van der Waals surface area (Å²) >= 11 is 0. The first kappa shape index (κ1) is 12.2. The number of hydrogen-bond donors (Lipinski definition) is 1. The summed E-state index contributed by atoms with van der Waals surface area (Å²) in [6, 6.07) is 11.0. The molecule has 1 saturated carbocycles. The molecule has 0 amide bonds. The third kappa shape index (κ3) is 1.98. The molecule has 18 heavy (non-hydrogen) atoms. The van der Waals surface area contributed by atoms with Crippen LogP contribution in [0.5, 0.6) is 0 Å². The van der Waals surface area contributed by atoms with E-state index in [4.69, 9.17) is 5.73 Å². The van der Waals surface area contributed by atoms with Crippen LogP contribution in [0.25, 0.3) is 0 Å². The molecular formula is C16H24N2. The Labute approximate surface area is 110 Å². The molecule has 1 unspecified atom stereocenters. The lowest BCUT2D eigenvalue weighted by atomic mass is 9.68. The Hall–Kier alpha value is -0.860. The maximum Gasteiger partial charge on any atom is 0.0337 e. The Bertz CT molecular complexity index is 395. The summed E-state index contributed by atoms with van der Waals surface area (Å²) < 4.78 is 0. The van der Waals surface area contributed by atoms with Gasteiger partial charge in [0.15, 0.2) is 0 Å². The molecule has 2 fully saturated rings. The van der Waals surface area contributed by atoms with E-state index in [2.05, 4.69) is 42.2 Å². The standard InChI is InChI=1S/C16H24N2/c1-13-9-16(10-13,12-17)18-8-7-15(11-18)14-5-3-2-4-6-14/h2-6,13,15H,7-12,17H2,1H3. The summed E-state index contributed by atoms with van der Waals surface area (Å²) in [5.41, 5.74) is 7.89. The van der Waals surface area contributed by atoms with Crippen LogP contribution in [0.2, 0.25) is 0 Å². The third-order valence-corrected chi connectivity index (χ3v) is 4.97. The van der Waals surface area contributed by atoms with Crippen LogP contribution in [0.15, 0.2) is 30.3 Å². The highest BCUT2D eigenvalue weighted by Gasteiger charge is 2.47. The molecule has 98 valence electrons. The summed E-state index contributed by atoms with van der Waals surface area (Å²) in [4.78, 5) is 2.67. The SMILES string of the molecule is CC1CC(CN)(N2CCC(c3ccccc3)C2)C1. The van der Waals surface area contributed by atoms with Gasteiger partial charge >= 0.3 is 0 Å². The van der Waals surface area contributed by atoms with E-state index in [-0.39, 0.29) is 0 Å². The average molecular weight is 244 g/mol. The maximum absolute atomic E-state index is 6.05. The summed E-state index contributed by atoms with van der Waals surface area (Å²) in [6.07, 6.45) is 3.89. The van der Waals surface area contributed by atoms with E-state index < -0.39 is 0 Å². The quantitative estimate of drug-likeness (QED) is 0.885. The average Bonchev–Trinajstić information content (AvgIpc) is 2.85. The minimum absolute atomic E-state index is 0.336. The first-order valence-corrected chi connectivity index (χ1v) is 7.23. The molecule has 0 aromatic heterocycles. The second-order valence-electron chi connectivity index (χ2n) is 6.28.